The van der Waals surface area contributed by atoms with Crippen LogP contribution < -0.4 is 0 Å². The van der Waals surface area contributed by atoms with E-state index < -0.39 is 0 Å². The van der Waals surface area contributed by atoms with Crippen LogP contribution in [0.1, 0.15) is 5.56 Å². The fourth-order valence-corrected chi connectivity index (χ4v) is 3.11. The first-order valence-electron chi connectivity index (χ1n) is 6.37. The minimum absolute atomic E-state index is 0.434. The van der Waals surface area contributed by atoms with E-state index in [-0.39, 0.29) is 0 Å². The fourth-order valence-electron chi connectivity index (χ4n) is 2.19. The molecule has 0 radical (unpaired) electrons. The monoisotopic (exact) mass is 334 g/mol. The Morgan fingerprint density at radius 2 is 1.67 bits per heavy atom. The smallest absolute Gasteiger partial charge is 0.161 e. The van der Waals surface area contributed by atoms with Crippen LogP contribution >= 0.6 is 35.0 Å². The Balaban J connectivity index is 2.22. The van der Waals surface area contributed by atoms with Crippen molar-refractivity contribution in [1.82, 2.24) is 9.97 Å². The van der Waals surface area contributed by atoms with Crippen LogP contribution in [-0.4, -0.2) is 16.2 Å². The van der Waals surface area contributed by atoms with E-state index in [9.17, 15) is 0 Å². The van der Waals surface area contributed by atoms with E-state index in [0.717, 1.165) is 16.5 Å². The number of aryl methyl sites for hydroxylation is 1. The standard InChI is InChI=1S/C16H12Cl2N2S/c1-9-3-8-12(17)14-13(9)15(18)20-16(19-14)10-4-6-11(21-2)7-5-10/h3-8H,1-2H3. The number of aromatic nitrogens is 2. The molecule has 3 aromatic rings. The van der Waals surface area contributed by atoms with E-state index in [1.165, 1.54) is 4.90 Å². The first kappa shape index (κ1) is 14.6. The van der Waals surface area contributed by atoms with Crippen molar-refractivity contribution in [1.29, 1.82) is 0 Å². The molecule has 0 saturated heterocycles. The van der Waals surface area contributed by atoms with Crippen LogP contribution in [0.2, 0.25) is 10.2 Å². The summed E-state index contributed by atoms with van der Waals surface area (Å²) >= 11 is 14.3. The molecular weight excluding hydrogens is 323 g/mol. The molecule has 0 saturated carbocycles. The molecule has 0 unspecified atom stereocenters. The van der Waals surface area contributed by atoms with Crippen LogP contribution in [0.5, 0.6) is 0 Å². The van der Waals surface area contributed by atoms with Gasteiger partial charge in [-0.15, -0.1) is 11.8 Å². The second-order valence-corrected chi connectivity index (χ2v) is 6.30. The normalized spacial score (nSPS) is 11.0. The SMILES string of the molecule is CSc1ccc(-c2nc(Cl)c3c(C)ccc(Cl)c3n2)cc1. The van der Waals surface area contributed by atoms with Gasteiger partial charge >= 0.3 is 0 Å². The average Bonchev–Trinajstić information content (AvgIpc) is 2.50. The van der Waals surface area contributed by atoms with Crippen molar-refractivity contribution in [2.24, 2.45) is 0 Å². The number of fused-ring (bicyclic) bond motifs is 1. The van der Waals surface area contributed by atoms with Crippen molar-refractivity contribution >= 4 is 45.9 Å². The second kappa shape index (κ2) is 5.84. The van der Waals surface area contributed by atoms with Crippen LogP contribution in [-0.2, 0) is 0 Å². The molecule has 0 fully saturated rings. The molecule has 5 heteroatoms. The number of halogens is 2. The Labute approximate surface area is 137 Å². The number of benzene rings is 2. The third-order valence-electron chi connectivity index (χ3n) is 3.31. The van der Waals surface area contributed by atoms with Gasteiger partial charge in [-0.3, -0.25) is 0 Å². The largest absolute Gasteiger partial charge is 0.226 e. The molecule has 0 atom stereocenters. The minimum atomic E-state index is 0.434. The second-order valence-electron chi connectivity index (χ2n) is 4.65. The van der Waals surface area contributed by atoms with E-state index in [0.29, 0.717) is 21.5 Å². The topological polar surface area (TPSA) is 25.8 Å². The summed E-state index contributed by atoms with van der Waals surface area (Å²) in [4.78, 5) is 10.2. The van der Waals surface area contributed by atoms with Crippen molar-refractivity contribution < 1.29 is 0 Å². The summed E-state index contributed by atoms with van der Waals surface area (Å²) in [6.07, 6.45) is 2.04. The number of nitrogens with zero attached hydrogens (tertiary/aromatic N) is 2. The van der Waals surface area contributed by atoms with E-state index in [1.54, 1.807) is 11.8 Å². The van der Waals surface area contributed by atoms with Crippen molar-refractivity contribution in [3.63, 3.8) is 0 Å². The number of hydrogen-bond donors (Lipinski definition) is 0. The average molecular weight is 335 g/mol. The van der Waals surface area contributed by atoms with Crippen molar-refractivity contribution in [3.05, 3.63) is 52.1 Å². The lowest BCUT2D eigenvalue weighted by Gasteiger charge is -2.08. The van der Waals surface area contributed by atoms with E-state index in [1.807, 2.05) is 49.6 Å². The van der Waals surface area contributed by atoms with Gasteiger partial charge in [0.15, 0.2) is 5.82 Å². The highest BCUT2D eigenvalue weighted by Crippen LogP contribution is 2.32. The van der Waals surface area contributed by atoms with Gasteiger partial charge in [0.1, 0.15) is 5.15 Å². The summed E-state index contributed by atoms with van der Waals surface area (Å²) < 4.78 is 0. The van der Waals surface area contributed by atoms with Crippen molar-refractivity contribution in [3.8, 4) is 11.4 Å². The van der Waals surface area contributed by atoms with Crippen LogP contribution in [0.25, 0.3) is 22.3 Å². The maximum absolute atomic E-state index is 6.33. The van der Waals surface area contributed by atoms with Crippen LogP contribution in [0, 0.1) is 6.92 Å². The Bertz CT molecular complexity index is 817. The van der Waals surface area contributed by atoms with Crippen LogP contribution in [0.15, 0.2) is 41.3 Å². The van der Waals surface area contributed by atoms with Gasteiger partial charge in [0, 0.05) is 15.8 Å². The molecule has 0 aliphatic carbocycles. The van der Waals surface area contributed by atoms with E-state index in [4.69, 9.17) is 23.2 Å². The van der Waals surface area contributed by atoms with Gasteiger partial charge in [-0.05, 0) is 36.9 Å². The number of hydrogen-bond acceptors (Lipinski definition) is 3. The van der Waals surface area contributed by atoms with Gasteiger partial charge in [0.05, 0.1) is 10.5 Å². The van der Waals surface area contributed by atoms with Crippen molar-refractivity contribution in [2.45, 2.75) is 11.8 Å². The van der Waals surface area contributed by atoms with Crippen molar-refractivity contribution in [2.75, 3.05) is 6.26 Å². The van der Waals surface area contributed by atoms with Gasteiger partial charge in [-0.2, -0.15) is 0 Å². The molecule has 0 aliphatic heterocycles. The molecule has 1 heterocycles. The molecule has 106 valence electrons. The first-order valence-corrected chi connectivity index (χ1v) is 8.35. The molecule has 0 N–H and O–H groups in total. The summed E-state index contributed by atoms with van der Waals surface area (Å²) in [5.41, 5.74) is 2.64. The predicted octanol–water partition coefficient (Wildman–Crippen LogP) is 5.63. The Morgan fingerprint density at radius 3 is 2.33 bits per heavy atom. The molecular formula is C16H12Cl2N2S. The van der Waals surface area contributed by atoms with Crippen LogP contribution in [0.4, 0.5) is 0 Å². The molecule has 21 heavy (non-hydrogen) atoms. The van der Waals surface area contributed by atoms with E-state index in [2.05, 4.69) is 9.97 Å². The minimum Gasteiger partial charge on any atom is -0.226 e. The molecule has 0 bridgehead atoms. The summed E-state index contributed by atoms with van der Waals surface area (Å²) in [6, 6.07) is 11.8. The zero-order valence-electron chi connectivity index (χ0n) is 11.5. The van der Waals surface area contributed by atoms with Crippen LogP contribution in [0.3, 0.4) is 0 Å². The lowest BCUT2D eigenvalue weighted by molar-refractivity contribution is 1.22. The molecule has 3 rings (SSSR count). The van der Waals surface area contributed by atoms with Gasteiger partial charge in [0.25, 0.3) is 0 Å². The fraction of sp³-hybridized carbons (Fsp3) is 0.125. The molecule has 0 amide bonds. The third kappa shape index (κ3) is 2.73. The summed E-state index contributed by atoms with van der Waals surface area (Å²) in [5.74, 6) is 0.590. The van der Waals surface area contributed by atoms with Gasteiger partial charge < -0.3 is 0 Å². The summed E-state index contributed by atoms with van der Waals surface area (Å²) in [7, 11) is 0. The Hall–Kier alpha value is -1.29. The number of thioether (sulfide) groups is 1. The maximum Gasteiger partial charge on any atom is 0.161 e. The number of rotatable bonds is 2. The highest BCUT2D eigenvalue weighted by Gasteiger charge is 2.12. The predicted molar refractivity (Wildman–Crippen MR) is 91.5 cm³/mol. The summed E-state index contributed by atoms with van der Waals surface area (Å²) in [6.45, 7) is 1.97. The quantitative estimate of drug-likeness (QED) is 0.448. The summed E-state index contributed by atoms with van der Waals surface area (Å²) in [5, 5.41) is 1.83. The zero-order chi connectivity index (χ0) is 15.0. The molecule has 2 nitrogen and oxygen atoms in total. The van der Waals surface area contributed by atoms with Gasteiger partial charge in [0.2, 0.25) is 0 Å². The lowest BCUT2D eigenvalue weighted by atomic mass is 10.1. The Kier molecular flexibility index (Phi) is 4.07. The zero-order valence-corrected chi connectivity index (χ0v) is 13.9. The van der Waals surface area contributed by atoms with Gasteiger partial charge in [-0.1, -0.05) is 41.4 Å². The highest BCUT2D eigenvalue weighted by molar-refractivity contribution is 7.98. The first-order chi connectivity index (χ1) is 10.1. The highest BCUT2D eigenvalue weighted by atomic mass is 35.5. The van der Waals surface area contributed by atoms with Gasteiger partial charge in [-0.25, -0.2) is 9.97 Å². The maximum atomic E-state index is 6.33. The Morgan fingerprint density at radius 1 is 0.952 bits per heavy atom. The molecule has 0 spiro atoms. The van der Waals surface area contributed by atoms with E-state index >= 15 is 0 Å². The molecule has 0 aliphatic rings. The third-order valence-corrected chi connectivity index (χ3v) is 4.64. The lowest BCUT2D eigenvalue weighted by Crippen LogP contribution is -1.94. The molecule has 2 aromatic carbocycles. The molecule has 1 aromatic heterocycles.